The van der Waals surface area contributed by atoms with Gasteiger partial charge in [0.1, 0.15) is 5.82 Å². The lowest BCUT2D eigenvalue weighted by Crippen LogP contribution is -2.49. The minimum atomic E-state index is -0.412. The van der Waals surface area contributed by atoms with Gasteiger partial charge in [-0.3, -0.25) is 9.59 Å². The molecule has 1 saturated heterocycles. The van der Waals surface area contributed by atoms with Gasteiger partial charge in [0.15, 0.2) is 5.78 Å². The van der Waals surface area contributed by atoms with E-state index in [1.54, 1.807) is 23.2 Å². The molecule has 2 heterocycles. The molecule has 0 bridgehead atoms. The Balaban J connectivity index is 1.48. The van der Waals surface area contributed by atoms with E-state index < -0.39 is 5.82 Å². The smallest absolute Gasteiger partial charge is 0.257 e. The van der Waals surface area contributed by atoms with Crippen molar-refractivity contribution in [3.8, 4) is 5.69 Å². The summed E-state index contributed by atoms with van der Waals surface area (Å²) in [6.07, 6.45) is 2.32. The number of carbonyl (C=O) groups excluding carboxylic acids is 2. The first-order chi connectivity index (χ1) is 15.0. The molecule has 1 aliphatic rings. The van der Waals surface area contributed by atoms with E-state index in [4.69, 9.17) is 0 Å². The molecule has 1 fully saturated rings. The van der Waals surface area contributed by atoms with Gasteiger partial charge < -0.3 is 9.80 Å². The first-order valence-corrected chi connectivity index (χ1v) is 10.5. The Morgan fingerprint density at radius 1 is 1.03 bits per heavy atom. The molecule has 0 unspecified atom stereocenters. The number of rotatable bonds is 5. The molecule has 4 rings (SSSR count). The molecule has 0 spiro atoms. The summed E-state index contributed by atoms with van der Waals surface area (Å²) < 4.78 is 16.3. The molecule has 31 heavy (non-hydrogen) atoms. The standard InChI is InChI=1S/C24H25FN4O2/c1-3-22-20(16-26-29(22)19-7-5-4-6-8-19)24(31)28-13-11-27(12-14-28)23-10-9-18(17(2)30)15-21(23)25/h4-10,15-16H,3,11-14H2,1-2H3. The van der Waals surface area contributed by atoms with Crippen LogP contribution in [-0.4, -0.2) is 52.5 Å². The Hall–Kier alpha value is -3.48. The van der Waals surface area contributed by atoms with Crippen LogP contribution in [0.5, 0.6) is 0 Å². The Morgan fingerprint density at radius 3 is 2.35 bits per heavy atom. The molecule has 6 nitrogen and oxygen atoms in total. The minimum absolute atomic E-state index is 0.0499. The number of piperazine rings is 1. The molecule has 0 N–H and O–H groups in total. The maximum absolute atomic E-state index is 14.5. The predicted octanol–water partition coefficient (Wildman–Crippen LogP) is 3.74. The van der Waals surface area contributed by atoms with Gasteiger partial charge in [0.2, 0.25) is 0 Å². The van der Waals surface area contributed by atoms with Crippen molar-refractivity contribution in [2.75, 3.05) is 31.1 Å². The monoisotopic (exact) mass is 420 g/mol. The van der Waals surface area contributed by atoms with Crippen molar-refractivity contribution in [2.24, 2.45) is 0 Å². The van der Waals surface area contributed by atoms with Crippen molar-refractivity contribution < 1.29 is 14.0 Å². The van der Waals surface area contributed by atoms with Gasteiger partial charge in [0.25, 0.3) is 5.91 Å². The normalized spacial score (nSPS) is 14.0. The second-order valence-electron chi connectivity index (χ2n) is 7.61. The molecular weight excluding hydrogens is 395 g/mol. The van der Waals surface area contributed by atoms with Crippen molar-refractivity contribution in [1.82, 2.24) is 14.7 Å². The van der Waals surface area contributed by atoms with Crippen molar-refractivity contribution in [2.45, 2.75) is 20.3 Å². The number of Topliss-reactive ketones (excluding diaryl/α,β-unsaturated/α-hetero) is 1. The number of aromatic nitrogens is 2. The molecule has 0 aliphatic carbocycles. The lowest BCUT2D eigenvalue weighted by atomic mass is 10.1. The fraction of sp³-hybridized carbons (Fsp3) is 0.292. The average molecular weight is 420 g/mol. The van der Waals surface area contributed by atoms with Crippen LogP contribution < -0.4 is 4.90 Å². The summed E-state index contributed by atoms with van der Waals surface area (Å²) in [5, 5.41) is 4.45. The van der Waals surface area contributed by atoms with Gasteiger partial charge in [-0.2, -0.15) is 5.10 Å². The van der Waals surface area contributed by atoms with E-state index in [0.29, 0.717) is 49.4 Å². The molecule has 0 radical (unpaired) electrons. The summed E-state index contributed by atoms with van der Waals surface area (Å²) in [6, 6.07) is 14.3. The minimum Gasteiger partial charge on any atom is -0.366 e. The lowest BCUT2D eigenvalue weighted by Gasteiger charge is -2.36. The number of amides is 1. The fourth-order valence-corrected chi connectivity index (χ4v) is 3.99. The third-order valence-corrected chi connectivity index (χ3v) is 5.70. The molecule has 1 aromatic heterocycles. The first kappa shape index (κ1) is 20.8. The summed E-state index contributed by atoms with van der Waals surface area (Å²) in [6.45, 7) is 5.47. The number of ketones is 1. The largest absolute Gasteiger partial charge is 0.366 e. The predicted molar refractivity (Wildman–Crippen MR) is 117 cm³/mol. The summed E-state index contributed by atoms with van der Waals surface area (Å²) in [5.41, 5.74) is 3.23. The highest BCUT2D eigenvalue weighted by Crippen LogP contribution is 2.24. The summed E-state index contributed by atoms with van der Waals surface area (Å²) in [4.78, 5) is 28.4. The third kappa shape index (κ3) is 4.08. The van der Waals surface area contributed by atoms with E-state index in [1.165, 1.54) is 13.0 Å². The van der Waals surface area contributed by atoms with Crippen molar-refractivity contribution in [3.63, 3.8) is 0 Å². The first-order valence-electron chi connectivity index (χ1n) is 10.5. The van der Waals surface area contributed by atoms with Crippen LogP contribution in [0.3, 0.4) is 0 Å². The van der Waals surface area contributed by atoms with Gasteiger partial charge in [-0.15, -0.1) is 0 Å². The molecule has 0 atom stereocenters. The second-order valence-corrected chi connectivity index (χ2v) is 7.61. The van der Waals surface area contributed by atoms with Gasteiger partial charge >= 0.3 is 0 Å². The highest BCUT2D eigenvalue weighted by Gasteiger charge is 2.27. The summed E-state index contributed by atoms with van der Waals surface area (Å²) in [5.74, 6) is -0.625. The van der Waals surface area contributed by atoms with Gasteiger partial charge in [-0.05, 0) is 43.7 Å². The maximum atomic E-state index is 14.5. The molecule has 1 amide bonds. The van der Waals surface area contributed by atoms with E-state index in [9.17, 15) is 14.0 Å². The fourth-order valence-electron chi connectivity index (χ4n) is 3.99. The van der Waals surface area contributed by atoms with E-state index in [0.717, 1.165) is 11.4 Å². The Kier molecular flexibility index (Phi) is 5.84. The number of halogens is 1. The van der Waals surface area contributed by atoms with Crippen LogP contribution in [0.25, 0.3) is 5.69 Å². The van der Waals surface area contributed by atoms with Crippen LogP contribution in [0.2, 0.25) is 0 Å². The topological polar surface area (TPSA) is 58.4 Å². The van der Waals surface area contributed by atoms with Gasteiger partial charge in [-0.25, -0.2) is 9.07 Å². The van der Waals surface area contributed by atoms with Gasteiger partial charge in [0, 0.05) is 31.7 Å². The van der Waals surface area contributed by atoms with Crippen molar-refractivity contribution in [3.05, 3.63) is 77.4 Å². The molecular formula is C24H25FN4O2. The Morgan fingerprint density at radius 2 is 1.74 bits per heavy atom. The second kappa shape index (κ2) is 8.71. The third-order valence-electron chi connectivity index (χ3n) is 5.70. The molecule has 0 saturated carbocycles. The molecule has 2 aromatic carbocycles. The number of anilines is 1. The number of nitrogens with zero attached hydrogens (tertiary/aromatic N) is 4. The molecule has 3 aromatic rings. The van der Waals surface area contributed by atoms with Crippen LogP contribution in [0.4, 0.5) is 10.1 Å². The molecule has 160 valence electrons. The van der Waals surface area contributed by atoms with Crippen LogP contribution in [0.1, 0.15) is 40.3 Å². The number of hydrogen-bond acceptors (Lipinski definition) is 4. The lowest BCUT2D eigenvalue weighted by molar-refractivity contribution is 0.0745. The summed E-state index contributed by atoms with van der Waals surface area (Å²) >= 11 is 0. The molecule has 7 heteroatoms. The van der Waals surface area contributed by atoms with E-state index in [2.05, 4.69) is 5.10 Å². The number of benzene rings is 2. The highest BCUT2D eigenvalue weighted by molar-refractivity contribution is 5.95. The quantitative estimate of drug-likeness (QED) is 0.590. The SMILES string of the molecule is CCc1c(C(=O)N2CCN(c3ccc(C(C)=O)cc3F)CC2)cnn1-c1ccccc1. The highest BCUT2D eigenvalue weighted by atomic mass is 19.1. The van der Waals surface area contributed by atoms with Crippen LogP contribution in [0, 0.1) is 5.82 Å². The van der Waals surface area contributed by atoms with Gasteiger partial charge in [0.05, 0.1) is 28.8 Å². The van der Waals surface area contributed by atoms with E-state index in [-0.39, 0.29) is 11.7 Å². The number of carbonyl (C=O) groups is 2. The van der Waals surface area contributed by atoms with Gasteiger partial charge in [-0.1, -0.05) is 25.1 Å². The zero-order valence-electron chi connectivity index (χ0n) is 17.7. The number of hydrogen-bond donors (Lipinski definition) is 0. The number of para-hydroxylation sites is 1. The Bertz CT molecular complexity index is 1100. The maximum Gasteiger partial charge on any atom is 0.257 e. The van der Waals surface area contributed by atoms with Crippen molar-refractivity contribution in [1.29, 1.82) is 0 Å². The van der Waals surface area contributed by atoms with Crippen LogP contribution >= 0.6 is 0 Å². The zero-order valence-corrected chi connectivity index (χ0v) is 17.7. The van der Waals surface area contributed by atoms with E-state index >= 15 is 0 Å². The van der Waals surface area contributed by atoms with Crippen LogP contribution in [0.15, 0.2) is 54.7 Å². The average Bonchev–Trinajstić information content (AvgIpc) is 3.23. The van der Waals surface area contributed by atoms with Crippen LogP contribution in [-0.2, 0) is 6.42 Å². The van der Waals surface area contributed by atoms with E-state index in [1.807, 2.05) is 46.8 Å². The zero-order chi connectivity index (χ0) is 22.0. The molecule has 1 aliphatic heterocycles. The Labute approximate surface area is 180 Å². The summed E-state index contributed by atoms with van der Waals surface area (Å²) in [7, 11) is 0. The van der Waals surface area contributed by atoms with Crippen molar-refractivity contribution >= 4 is 17.4 Å².